The molecule has 25 heavy (non-hydrogen) atoms. The van der Waals surface area contributed by atoms with Crippen molar-refractivity contribution in [1.82, 2.24) is 15.2 Å². The molecule has 1 aromatic carbocycles. The fourth-order valence-electron chi connectivity index (χ4n) is 2.91. The van der Waals surface area contributed by atoms with E-state index in [1.807, 2.05) is 0 Å². The van der Waals surface area contributed by atoms with Crippen LogP contribution >= 0.6 is 11.6 Å². The summed E-state index contributed by atoms with van der Waals surface area (Å²) in [6.07, 6.45) is -3.75. The van der Waals surface area contributed by atoms with E-state index in [9.17, 15) is 22.8 Å². The van der Waals surface area contributed by atoms with Gasteiger partial charge >= 0.3 is 6.18 Å². The number of hydrogen-bond acceptors (Lipinski definition) is 2. The molecule has 2 aromatic rings. The van der Waals surface area contributed by atoms with Crippen LogP contribution in [-0.2, 0) is 4.79 Å². The van der Waals surface area contributed by atoms with Crippen LogP contribution in [0.2, 0.25) is 5.02 Å². The van der Waals surface area contributed by atoms with Gasteiger partial charge in [0.15, 0.2) is 0 Å². The van der Waals surface area contributed by atoms with Crippen LogP contribution in [-0.4, -0.2) is 47.0 Å². The zero-order valence-electron chi connectivity index (χ0n) is 13.0. The Bertz CT molecular complexity index is 819. The lowest BCUT2D eigenvalue weighted by atomic mass is 10.0. The Morgan fingerprint density at radius 3 is 2.84 bits per heavy atom. The number of aromatic amines is 1. The third kappa shape index (κ3) is 4.07. The highest BCUT2D eigenvalue weighted by Gasteiger charge is 2.37. The molecule has 1 unspecified atom stereocenters. The van der Waals surface area contributed by atoms with Gasteiger partial charge in [0.05, 0.1) is 0 Å². The average molecular weight is 374 g/mol. The minimum atomic E-state index is -4.46. The van der Waals surface area contributed by atoms with Crippen LogP contribution in [0, 0.1) is 0 Å². The van der Waals surface area contributed by atoms with Gasteiger partial charge in [0.1, 0.15) is 18.3 Å². The Morgan fingerprint density at radius 2 is 2.12 bits per heavy atom. The third-order valence-electron chi connectivity index (χ3n) is 4.03. The van der Waals surface area contributed by atoms with Gasteiger partial charge in [-0.2, -0.15) is 13.2 Å². The van der Waals surface area contributed by atoms with Gasteiger partial charge in [-0.05, 0) is 37.1 Å². The summed E-state index contributed by atoms with van der Waals surface area (Å²) in [5.74, 6) is -1.25. The molecule has 1 atom stereocenters. The number of carbonyl (C=O) groups is 2. The van der Waals surface area contributed by atoms with Crippen molar-refractivity contribution in [2.45, 2.75) is 25.1 Å². The minimum Gasteiger partial charge on any atom is -0.351 e. The summed E-state index contributed by atoms with van der Waals surface area (Å²) < 4.78 is 37.6. The van der Waals surface area contributed by atoms with Crippen molar-refractivity contribution in [2.75, 3.05) is 13.1 Å². The van der Waals surface area contributed by atoms with Gasteiger partial charge in [-0.25, -0.2) is 0 Å². The molecule has 1 fully saturated rings. The number of benzene rings is 1. The van der Waals surface area contributed by atoms with Gasteiger partial charge in [-0.1, -0.05) is 11.6 Å². The van der Waals surface area contributed by atoms with Gasteiger partial charge in [0.2, 0.25) is 5.91 Å². The van der Waals surface area contributed by atoms with Gasteiger partial charge < -0.3 is 15.2 Å². The van der Waals surface area contributed by atoms with Gasteiger partial charge in [0.25, 0.3) is 5.91 Å². The van der Waals surface area contributed by atoms with Crippen molar-refractivity contribution in [3.05, 3.63) is 35.0 Å². The fraction of sp³-hybridized carbons (Fsp3) is 0.375. The Balaban J connectivity index is 1.71. The summed E-state index contributed by atoms with van der Waals surface area (Å²) in [4.78, 5) is 28.1. The molecule has 2 N–H and O–H groups in total. The summed E-state index contributed by atoms with van der Waals surface area (Å²) in [7, 11) is 0. The molecule has 2 amide bonds. The molecule has 134 valence electrons. The predicted octanol–water partition coefficient (Wildman–Crippen LogP) is 3.10. The number of aromatic nitrogens is 1. The molecule has 0 aliphatic carbocycles. The molecule has 0 saturated carbocycles. The second kappa shape index (κ2) is 6.59. The first-order chi connectivity index (χ1) is 11.7. The number of halogens is 4. The number of amides is 2. The molecule has 1 aliphatic rings. The first-order valence-electron chi connectivity index (χ1n) is 7.67. The van der Waals surface area contributed by atoms with Crippen molar-refractivity contribution >= 4 is 34.3 Å². The maximum absolute atomic E-state index is 12.5. The standard InChI is InChI=1S/C16H15ClF3N3O2/c17-10-3-4-11-9(6-10)7-13(21-11)14(24)22-12-2-1-5-23(15(12)25)8-16(18,19)20/h3-4,6-7,12,21H,1-2,5,8H2,(H,22,24). The van der Waals surface area contributed by atoms with Crippen LogP contribution < -0.4 is 5.32 Å². The number of hydrogen-bond donors (Lipinski definition) is 2. The van der Waals surface area contributed by atoms with Gasteiger partial charge in [0, 0.05) is 22.5 Å². The van der Waals surface area contributed by atoms with Crippen LogP contribution in [0.25, 0.3) is 10.9 Å². The fourth-order valence-corrected chi connectivity index (χ4v) is 3.09. The number of rotatable bonds is 3. The molecule has 1 aliphatic heterocycles. The van der Waals surface area contributed by atoms with Gasteiger partial charge in [-0.3, -0.25) is 9.59 Å². The quantitative estimate of drug-likeness (QED) is 0.868. The van der Waals surface area contributed by atoms with E-state index in [0.29, 0.717) is 23.4 Å². The molecule has 3 rings (SSSR count). The maximum Gasteiger partial charge on any atom is 0.406 e. The number of fused-ring (bicyclic) bond motifs is 1. The molecular weight excluding hydrogens is 359 g/mol. The van der Waals surface area contributed by atoms with E-state index < -0.39 is 30.6 Å². The van der Waals surface area contributed by atoms with E-state index in [-0.39, 0.29) is 12.2 Å². The molecule has 2 heterocycles. The zero-order valence-corrected chi connectivity index (χ0v) is 13.7. The first-order valence-corrected chi connectivity index (χ1v) is 8.05. The topological polar surface area (TPSA) is 65.2 Å². The molecule has 1 aromatic heterocycles. The SMILES string of the molecule is O=C(NC1CCCN(CC(F)(F)F)C1=O)c1cc2cc(Cl)ccc2[nH]1. The van der Waals surface area contributed by atoms with E-state index in [2.05, 4.69) is 10.3 Å². The van der Waals surface area contributed by atoms with Crippen LogP contribution in [0.3, 0.4) is 0 Å². The second-order valence-corrected chi connectivity index (χ2v) is 6.39. The van der Waals surface area contributed by atoms with E-state index in [1.165, 1.54) is 0 Å². The van der Waals surface area contributed by atoms with Crippen LogP contribution in [0.5, 0.6) is 0 Å². The van der Waals surface area contributed by atoms with Crippen LogP contribution in [0.4, 0.5) is 13.2 Å². The molecule has 0 radical (unpaired) electrons. The normalized spacial score (nSPS) is 18.6. The summed E-state index contributed by atoms with van der Waals surface area (Å²) in [5.41, 5.74) is 0.918. The number of nitrogens with zero attached hydrogens (tertiary/aromatic N) is 1. The molecule has 1 saturated heterocycles. The Hall–Kier alpha value is -2.22. The average Bonchev–Trinajstić information content (AvgIpc) is 2.93. The lowest BCUT2D eigenvalue weighted by molar-refractivity contribution is -0.164. The monoisotopic (exact) mass is 373 g/mol. The number of carbonyl (C=O) groups excluding carboxylic acids is 2. The molecule has 5 nitrogen and oxygen atoms in total. The number of alkyl halides is 3. The second-order valence-electron chi connectivity index (χ2n) is 5.96. The smallest absolute Gasteiger partial charge is 0.351 e. The molecule has 9 heteroatoms. The van der Waals surface area contributed by atoms with Crippen molar-refractivity contribution in [3.8, 4) is 0 Å². The van der Waals surface area contributed by atoms with Crippen LogP contribution in [0.1, 0.15) is 23.3 Å². The Morgan fingerprint density at radius 1 is 1.36 bits per heavy atom. The van der Waals surface area contributed by atoms with Crippen molar-refractivity contribution in [1.29, 1.82) is 0 Å². The summed E-state index contributed by atoms with van der Waals surface area (Å²) in [6.45, 7) is -1.27. The van der Waals surface area contributed by atoms with Crippen molar-refractivity contribution < 1.29 is 22.8 Å². The zero-order chi connectivity index (χ0) is 18.2. The van der Waals surface area contributed by atoms with E-state index >= 15 is 0 Å². The third-order valence-corrected chi connectivity index (χ3v) is 4.27. The number of likely N-dealkylation sites (tertiary alicyclic amines) is 1. The summed E-state index contributed by atoms with van der Waals surface area (Å²) in [6, 6.07) is 5.68. The number of nitrogens with one attached hydrogen (secondary N) is 2. The lowest BCUT2D eigenvalue weighted by Gasteiger charge is -2.32. The highest BCUT2D eigenvalue weighted by atomic mass is 35.5. The van der Waals surface area contributed by atoms with Gasteiger partial charge in [-0.15, -0.1) is 0 Å². The van der Waals surface area contributed by atoms with E-state index in [4.69, 9.17) is 11.6 Å². The number of piperidine rings is 1. The summed E-state index contributed by atoms with van der Waals surface area (Å²) in [5, 5.41) is 3.76. The molecule has 0 spiro atoms. The summed E-state index contributed by atoms with van der Waals surface area (Å²) >= 11 is 5.89. The van der Waals surface area contributed by atoms with E-state index in [1.54, 1.807) is 24.3 Å². The highest BCUT2D eigenvalue weighted by Crippen LogP contribution is 2.22. The van der Waals surface area contributed by atoms with E-state index in [0.717, 1.165) is 10.3 Å². The Labute approximate surface area is 146 Å². The predicted molar refractivity (Wildman–Crippen MR) is 86.4 cm³/mol. The van der Waals surface area contributed by atoms with Crippen molar-refractivity contribution in [2.24, 2.45) is 0 Å². The molecule has 0 bridgehead atoms. The molecular formula is C16H15ClF3N3O2. The lowest BCUT2D eigenvalue weighted by Crippen LogP contribution is -2.54. The first kappa shape index (κ1) is 17.6. The number of H-pyrrole nitrogens is 1. The Kier molecular flexibility index (Phi) is 4.64. The minimum absolute atomic E-state index is 0.0373. The van der Waals surface area contributed by atoms with Crippen molar-refractivity contribution in [3.63, 3.8) is 0 Å². The maximum atomic E-state index is 12.5. The highest BCUT2D eigenvalue weighted by molar-refractivity contribution is 6.31. The van der Waals surface area contributed by atoms with Crippen LogP contribution in [0.15, 0.2) is 24.3 Å². The largest absolute Gasteiger partial charge is 0.406 e.